The minimum absolute atomic E-state index is 0.0491. The number of amides is 2. The lowest BCUT2D eigenvalue weighted by Crippen LogP contribution is -2.36. The zero-order valence-corrected chi connectivity index (χ0v) is 17.7. The maximum Gasteiger partial charge on any atom is 0.251 e. The summed E-state index contributed by atoms with van der Waals surface area (Å²) in [6.45, 7) is 1.96. The Bertz CT molecular complexity index is 978. The SMILES string of the molecule is Cc1cc(C(=O)NC2CCCCC2)ccc1NCC(=O)Nc1ccc(C#N)c(Cl)c1. The van der Waals surface area contributed by atoms with Gasteiger partial charge < -0.3 is 16.0 Å². The molecule has 1 aliphatic carbocycles. The van der Waals surface area contributed by atoms with Crippen molar-refractivity contribution in [2.75, 3.05) is 17.2 Å². The molecule has 0 heterocycles. The summed E-state index contributed by atoms with van der Waals surface area (Å²) in [6, 6.07) is 12.4. The highest BCUT2D eigenvalue weighted by atomic mass is 35.5. The Labute approximate surface area is 181 Å². The van der Waals surface area contributed by atoms with Crippen molar-refractivity contribution in [2.45, 2.75) is 45.1 Å². The molecule has 6 nitrogen and oxygen atoms in total. The maximum absolute atomic E-state index is 12.5. The molecule has 3 N–H and O–H groups in total. The number of benzene rings is 2. The number of hydrogen-bond acceptors (Lipinski definition) is 4. The number of carbonyl (C=O) groups is 2. The van der Waals surface area contributed by atoms with Gasteiger partial charge in [0.15, 0.2) is 0 Å². The van der Waals surface area contributed by atoms with Gasteiger partial charge in [-0.05, 0) is 61.7 Å². The van der Waals surface area contributed by atoms with Crippen LogP contribution in [0.25, 0.3) is 0 Å². The zero-order valence-electron chi connectivity index (χ0n) is 16.9. The van der Waals surface area contributed by atoms with Gasteiger partial charge in [0.05, 0.1) is 17.1 Å². The van der Waals surface area contributed by atoms with E-state index in [4.69, 9.17) is 16.9 Å². The molecule has 0 unspecified atom stereocenters. The normalized spacial score (nSPS) is 13.9. The fourth-order valence-electron chi connectivity index (χ4n) is 3.58. The van der Waals surface area contributed by atoms with Crippen molar-refractivity contribution in [3.63, 3.8) is 0 Å². The van der Waals surface area contributed by atoms with Crippen LogP contribution in [0, 0.1) is 18.3 Å². The van der Waals surface area contributed by atoms with Gasteiger partial charge in [0.25, 0.3) is 5.91 Å². The van der Waals surface area contributed by atoms with Gasteiger partial charge in [-0.15, -0.1) is 0 Å². The molecule has 1 aliphatic rings. The van der Waals surface area contributed by atoms with E-state index in [0.717, 1.165) is 24.1 Å². The second-order valence-electron chi connectivity index (χ2n) is 7.55. The number of halogens is 1. The summed E-state index contributed by atoms with van der Waals surface area (Å²) in [5, 5.41) is 18.1. The van der Waals surface area contributed by atoms with Gasteiger partial charge in [-0.2, -0.15) is 5.26 Å². The summed E-state index contributed by atoms with van der Waals surface area (Å²) >= 11 is 5.99. The van der Waals surface area contributed by atoms with Crippen LogP contribution in [0.15, 0.2) is 36.4 Å². The van der Waals surface area contributed by atoms with E-state index >= 15 is 0 Å². The molecule has 0 aromatic heterocycles. The number of hydrogen-bond donors (Lipinski definition) is 3. The van der Waals surface area contributed by atoms with Gasteiger partial charge in [-0.25, -0.2) is 0 Å². The van der Waals surface area contributed by atoms with Gasteiger partial charge in [0, 0.05) is 23.0 Å². The summed E-state index contributed by atoms with van der Waals surface area (Å²) in [7, 11) is 0. The molecule has 1 fully saturated rings. The number of rotatable bonds is 6. The molecule has 30 heavy (non-hydrogen) atoms. The van der Waals surface area contributed by atoms with Gasteiger partial charge in [-0.1, -0.05) is 30.9 Å². The monoisotopic (exact) mass is 424 g/mol. The highest BCUT2D eigenvalue weighted by molar-refractivity contribution is 6.32. The Balaban J connectivity index is 1.54. The Morgan fingerprint density at radius 3 is 2.57 bits per heavy atom. The number of nitrogens with one attached hydrogen (secondary N) is 3. The second-order valence-corrected chi connectivity index (χ2v) is 7.95. The largest absolute Gasteiger partial charge is 0.376 e. The van der Waals surface area contributed by atoms with Crippen molar-refractivity contribution in [2.24, 2.45) is 0 Å². The Morgan fingerprint density at radius 2 is 1.90 bits per heavy atom. The van der Waals surface area contributed by atoms with E-state index < -0.39 is 0 Å². The van der Waals surface area contributed by atoms with Crippen LogP contribution in [0.3, 0.4) is 0 Å². The number of nitrogens with zero attached hydrogens (tertiary/aromatic N) is 1. The van der Waals surface area contributed by atoms with E-state index in [1.807, 2.05) is 25.1 Å². The van der Waals surface area contributed by atoms with E-state index in [1.54, 1.807) is 24.3 Å². The molecule has 2 aromatic rings. The zero-order chi connectivity index (χ0) is 21.5. The molecule has 1 saturated carbocycles. The smallest absolute Gasteiger partial charge is 0.251 e. The minimum Gasteiger partial charge on any atom is -0.376 e. The van der Waals surface area contributed by atoms with Crippen molar-refractivity contribution >= 4 is 34.8 Å². The minimum atomic E-state index is -0.241. The molecular weight excluding hydrogens is 400 g/mol. The van der Waals surface area contributed by atoms with E-state index in [2.05, 4.69) is 16.0 Å². The second kappa shape index (κ2) is 10.1. The molecule has 156 valence electrons. The molecule has 2 amide bonds. The lowest BCUT2D eigenvalue weighted by Gasteiger charge is -2.23. The maximum atomic E-state index is 12.5. The van der Waals surface area contributed by atoms with Gasteiger partial charge in [0.1, 0.15) is 6.07 Å². The molecule has 0 saturated heterocycles. The summed E-state index contributed by atoms with van der Waals surface area (Å²) in [4.78, 5) is 24.7. The Morgan fingerprint density at radius 1 is 1.13 bits per heavy atom. The molecule has 0 atom stereocenters. The molecule has 3 rings (SSSR count). The standard InChI is InChI=1S/C23H25ClN4O2/c1-15-11-16(23(30)28-18-5-3-2-4-6-18)8-10-21(15)26-14-22(29)27-19-9-7-17(13-25)20(24)12-19/h7-12,18,26H,2-6,14H2,1H3,(H,27,29)(H,28,30). The van der Waals surface area contributed by atoms with Crippen molar-refractivity contribution < 1.29 is 9.59 Å². The highest BCUT2D eigenvalue weighted by Gasteiger charge is 2.17. The number of carbonyl (C=O) groups excluding carboxylic acids is 2. The Hall–Kier alpha value is -3.04. The summed E-state index contributed by atoms with van der Waals surface area (Å²) in [6.07, 6.45) is 5.68. The molecule has 7 heteroatoms. The number of aryl methyl sites for hydroxylation is 1. The van der Waals surface area contributed by atoms with Crippen molar-refractivity contribution in [3.8, 4) is 6.07 Å². The van der Waals surface area contributed by atoms with Crippen LogP contribution < -0.4 is 16.0 Å². The van der Waals surface area contributed by atoms with Crippen LogP contribution in [0.4, 0.5) is 11.4 Å². The van der Waals surface area contributed by atoms with Crippen LogP contribution in [0.5, 0.6) is 0 Å². The molecule has 0 aliphatic heterocycles. The predicted octanol–water partition coefficient (Wildman–Crippen LogP) is 4.63. The first-order valence-corrected chi connectivity index (χ1v) is 10.5. The third-order valence-electron chi connectivity index (χ3n) is 5.24. The highest BCUT2D eigenvalue weighted by Crippen LogP contribution is 2.21. The summed E-state index contributed by atoms with van der Waals surface area (Å²) in [5.41, 5.74) is 3.19. The molecule has 0 bridgehead atoms. The average molecular weight is 425 g/mol. The fraction of sp³-hybridized carbons (Fsp3) is 0.348. The van der Waals surface area contributed by atoms with Crippen LogP contribution >= 0.6 is 11.6 Å². The van der Waals surface area contributed by atoms with Gasteiger partial charge in [-0.3, -0.25) is 9.59 Å². The van der Waals surface area contributed by atoms with E-state index in [0.29, 0.717) is 21.8 Å². The molecular formula is C23H25ClN4O2. The van der Waals surface area contributed by atoms with Gasteiger partial charge in [0.2, 0.25) is 5.91 Å². The van der Waals surface area contributed by atoms with Crippen molar-refractivity contribution in [1.29, 1.82) is 5.26 Å². The average Bonchev–Trinajstić information content (AvgIpc) is 2.73. The first-order chi connectivity index (χ1) is 14.5. The fourth-order valence-corrected chi connectivity index (χ4v) is 3.81. The summed E-state index contributed by atoms with van der Waals surface area (Å²) < 4.78 is 0. The third-order valence-corrected chi connectivity index (χ3v) is 5.55. The first-order valence-electron chi connectivity index (χ1n) is 10.1. The van der Waals surface area contributed by atoms with Crippen LogP contribution in [-0.2, 0) is 4.79 Å². The topological polar surface area (TPSA) is 94.0 Å². The van der Waals surface area contributed by atoms with E-state index in [9.17, 15) is 9.59 Å². The quantitative estimate of drug-likeness (QED) is 0.629. The molecule has 2 aromatic carbocycles. The predicted molar refractivity (Wildman–Crippen MR) is 119 cm³/mol. The van der Waals surface area contributed by atoms with E-state index in [-0.39, 0.29) is 24.4 Å². The lowest BCUT2D eigenvalue weighted by molar-refractivity contribution is -0.114. The van der Waals surface area contributed by atoms with Crippen LogP contribution in [0.2, 0.25) is 5.02 Å². The molecule has 0 spiro atoms. The lowest BCUT2D eigenvalue weighted by atomic mass is 9.95. The number of anilines is 2. The molecule has 0 radical (unpaired) electrons. The van der Waals surface area contributed by atoms with E-state index in [1.165, 1.54) is 19.3 Å². The Kier molecular flexibility index (Phi) is 7.31. The van der Waals surface area contributed by atoms with Crippen molar-refractivity contribution in [3.05, 3.63) is 58.1 Å². The van der Waals surface area contributed by atoms with Crippen molar-refractivity contribution in [1.82, 2.24) is 5.32 Å². The third kappa shape index (κ3) is 5.74. The van der Waals surface area contributed by atoms with Crippen LogP contribution in [0.1, 0.15) is 53.6 Å². The summed E-state index contributed by atoms with van der Waals surface area (Å²) in [5.74, 6) is -0.290. The van der Waals surface area contributed by atoms with Gasteiger partial charge >= 0.3 is 0 Å². The first kappa shape index (κ1) is 21.7. The number of nitriles is 1. The van der Waals surface area contributed by atoms with Crippen LogP contribution in [-0.4, -0.2) is 24.4 Å².